The van der Waals surface area contributed by atoms with Gasteiger partial charge in [-0.3, -0.25) is 9.58 Å². The Morgan fingerprint density at radius 3 is 3.11 bits per heavy atom. The van der Waals surface area contributed by atoms with Crippen LogP contribution in [0.5, 0.6) is 0 Å². The molecule has 6 nitrogen and oxygen atoms in total. The van der Waals surface area contributed by atoms with Gasteiger partial charge in [0.1, 0.15) is 18.4 Å². The summed E-state index contributed by atoms with van der Waals surface area (Å²) in [5, 5.41) is 8.29. The van der Waals surface area contributed by atoms with Gasteiger partial charge in [-0.2, -0.15) is 5.10 Å². The van der Waals surface area contributed by atoms with Gasteiger partial charge < -0.3 is 4.52 Å². The van der Waals surface area contributed by atoms with Gasteiger partial charge in [0.25, 0.3) is 0 Å². The van der Waals surface area contributed by atoms with E-state index >= 15 is 0 Å². The molecule has 1 aliphatic heterocycles. The van der Waals surface area contributed by atoms with Crippen molar-refractivity contribution in [2.45, 2.75) is 45.3 Å². The molecule has 2 aromatic rings. The SMILES string of the molecule is Cc1cc(CN2CCCCC2Cn2cncn2)no1. The first-order chi connectivity index (χ1) is 9.31. The summed E-state index contributed by atoms with van der Waals surface area (Å²) in [5.74, 6) is 0.875. The Hall–Kier alpha value is -1.69. The molecule has 3 rings (SSSR count). The van der Waals surface area contributed by atoms with Crippen molar-refractivity contribution in [2.24, 2.45) is 0 Å². The normalized spacial score (nSPS) is 20.8. The van der Waals surface area contributed by atoms with E-state index in [-0.39, 0.29) is 0 Å². The lowest BCUT2D eigenvalue weighted by atomic mass is 10.0. The molecule has 6 heteroatoms. The van der Waals surface area contributed by atoms with Gasteiger partial charge in [0.05, 0.1) is 12.2 Å². The largest absolute Gasteiger partial charge is 0.361 e. The smallest absolute Gasteiger partial charge is 0.137 e. The maximum absolute atomic E-state index is 5.14. The first-order valence-electron chi connectivity index (χ1n) is 6.80. The van der Waals surface area contributed by atoms with Crippen molar-refractivity contribution in [3.05, 3.63) is 30.2 Å². The molecule has 0 bridgehead atoms. The fourth-order valence-corrected chi connectivity index (χ4v) is 2.72. The number of rotatable bonds is 4. The Bertz CT molecular complexity index is 507. The van der Waals surface area contributed by atoms with Crippen molar-refractivity contribution < 1.29 is 4.52 Å². The van der Waals surface area contributed by atoms with E-state index in [0.29, 0.717) is 6.04 Å². The van der Waals surface area contributed by atoms with Crippen LogP contribution in [0.3, 0.4) is 0 Å². The topological polar surface area (TPSA) is 60.0 Å². The standard InChI is InChI=1S/C13H19N5O/c1-11-6-12(16-19-11)7-17-5-3-2-4-13(17)8-18-10-14-9-15-18/h6,9-10,13H,2-5,7-8H2,1H3. The van der Waals surface area contributed by atoms with E-state index in [1.54, 1.807) is 12.7 Å². The quantitative estimate of drug-likeness (QED) is 0.837. The lowest BCUT2D eigenvalue weighted by molar-refractivity contribution is 0.119. The number of piperidine rings is 1. The van der Waals surface area contributed by atoms with Crippen molar-refractivity contribution in [3.63, 3.8) is 0 Å². The number of nitrogens with zero attached hydrogens (tertiary/aromatic N) is 5. The third kappa shape index (κ3) is 3.01. The van der Waals surface area contributed by atoms with Gasteiger partial charge in [-0.05, 0) is 26.3 Å². The molecule has 0 aromatic carbocycles. The monoisotopic (exact) mass is 261 g/mol. The van der Waals surface area contributed by atoms with E-state index in [0.717, 1.165) is 31.1 Å². The van der Waals surface area contributed by atoms with Crippen LogP contribution >= 0.6 is 0 Å². The van der Waals surface area contributed by atoms with Crippen LogP contribution in [0.1, 0.15) is 30.7 Å². The van der Waals surface area contributed by atoms with Gasteiger partial charge >= 0.3 is 0 Å². The van der Waals surface area contributed by atoms with Gasteiger partial charge in [0.2, 0.25) is 0 Å². The summed E-state index contributed by atoms with van der Waals surface area (Å²) in [6.45, 7) is 4.80. The van der Waals surface area contributed by atoms with Crippen LogP contribution in [0.2, 0.25) is 0 Å². The predicted molar refractivity (Wildman–Crippen MR) is 69.3 cm³/mol. The second-order valence-corrected chi connectivity index (χ2v) is 5.17. The summed E-state index contributed by atoms with van der Waals surface area (Å²) in [5.41, 5.74) is 1.02. The van der Waals surface area contributed by atoms with Crippen LogP contribution in [0.25, 0.3) is 0 Å². The number of hydrogen-bond acceptors (Lipinski definition) is 5. The average Bonchev–Trinajstić information content (AvgIpc) is 3.04. The third-order valence-corrected chi connectivity index (χ3v) is 3.66. The molecule has 1 fully saturated rings. The van der Waals surface area contributed by atoms with Crippen molar-refractivity contribution >= 4 is 0 Å². The van der Waals surface area contributed by atoms with E-state index in [2.05, 4.69) is 20.1 Å². The minimum atomic E-state index is 0.507. The second-order valence-electron chi connectivity index (χ2n) is 5.17. The molecule has 1 saturated heterocycles. The van der Waals surface area contributed by atoms with Crippen molar-refractivity contribution in [2.75, 3.05) is 6.54 Å². The molecule has 0 spiro atoms. The molecular weight excluding hydrogens is 242 g/mol. The first kappa shape index (κ1) is 12.3. The lowest BCUT2D eigenvalue weighted by Crippen LogP contribution is -2.41. The van der Waals surface area contributed by atoms with Crippen LogP contribution in [0.15, 0.2) is 23.2 Å². The van der Waals surface area contributed by atoms with E-state index in [9.17, 15) is 0 Å². The molecule has 3 heterocycles. The second kappa shape index (κ2) is 5.52. The zero-order valence-corrected chi connectivity index (χ0v) is 11.2. The highest BCUT2D eigenvalue weighted by Gasteiger charge is 2.23. The Morgan fingerprint density at radius 2 is 2.37 bits per heavy atom. The maximum Gasteiger partial charge on any atom is 0.137 e. The first-order valence-corrected chi connectivity index (χ1v) is 6.80. The number of aromatic nitrogens is 4. The zero-order chi connectivity index (χ0) is 13.1. The van der Waals surface area contributed by atoms with Gasteiger partial charge in [-0.15, -0.1) is 0 Å². The molecule has 0 aliphatic carbocycles. The van der Waals surface area contributed by atoms with Gasteiger partial charge in [0.15, 0.2) is 0 Å². The predicted octanol–water partition coefficient (Wildman–Crippen LogP) is 1.63. The van der Waals surface area contributed by atoms with Crippen molar-refractivity contribution in [1.82, 2.24) is 24.8 Å². The minimum Gasteiger partial charge on any atom is -0.361 e. The summed E-state index contributed by atoms with van der Waals surface area (Å²) in [4.78, 5) is 6.48. The van der Waals surface area contributed by atoms with Crippen LogP contribution in [0.4, 0.5) is 0 Å². The summed E-state index contributed by atoms with van der Waals surface area (Å²) < 4.78 is 7.06. The van der Waals surface area contributed by atoms with E-state index in [4.69, 9.17) is 4.52 Å². The molecule has 1 atom stereocenters. The van der Waals surface area contributed by atoms with E-state index in [1.807, 2.05) is 17.7 Å². The Balaban J connectivity index is 1.66. The molecule has 19 heavy (non-hydrogen) atoms. The Kier molecular flexibility index (Phi) is 3.59. The fraction of sp³-hybridized carbons (Fsp3) is 0.615. The van der Waals surface area contributed by atoms with Crippen molar-refractivity contribution in [1.29, 1.82) is 0 Å². The molecule has 1 unspecified atom stereocenters. The Morgan fingerprint density at radius 1 is 1.42 bits per heavy atom. The fourth-order valence-electron chi connectivity index (χ4n) is 2.72. The maximum atomic E-state index is 5.14. The molecule has 0 amide bonds. The zero-order valence-electron chi connectivity index (χ0n) is 11.2. The number of likely N-dealkylation sites (tertiary alicyclic amines) is 1. The van der Waals surface area contributed by atoms with Crippen LogP contribution in [0, 0.1) is 6.92 Å². The molecule has 1 aliphatic rings. The van der Waals surface area contributed by atoms with Gasteiger partial charge in [-0.25, -0.2) is 4.98 Å². The minimum absolute atomic E-state index is 0.507. The number of aryl methyl sites for hydroxylation is 1. The molecule has 2 aromatic heterocycles. The molecule has 0 radical (unpaired) electrons. The Labute approximate surface area is 112 Å². The van der Waals surface area contributed by atoms with Gasteiger partial charge in [-0.1, -0.05) is 11.6 Å². The van der Waals surface area contributed by atoms with E-state index in [1.165, 1.54) is 19.3 Å². The molecular formula is C13H19N5O. The molecule has 102 valence electrons. The van der Waals surface area contributed by atoms with E-state index < -0.39 is 0 Å². The summed E-state index contributed by atoms with van der Waals surface area (Å²) >= 11 is 0. The highest BCUT2D eigenvalue weighted by Crippen LogP contribution is 2.20. The van der Waals surface area contributed by atoms with Crippen molar-refractivity contribution in [3.8, 4) is 0 Å². The van der Waals surface area contributed by atoms with Crippen LogP contribution in [-0.2, 0) is 13.1 Å². The van der Waals surface area contributed by atoms with Gasteiger partial charge in [0, 0.05) is 18.7 Å². The summed E-state index contributed by atoms with van der Waals surface area (Å²) in [7, 11) is 0. The van der Waals surface area contributed by atoms with Crippen LogP contribution in [-0.4, -0.2) is 37.4 Å². The lowest BCUT2D eigenvalue weighted by Gasteiger charge is -2.34. The molecule has 0 saturated carbocycles. The average molecular weight is 261 g/mol. The third-order valence-electron chi connectivity index (χ3n) is 3.66. The van der Waals surface area contributed by atoms with Crippen LogP contribution < -0.4 is 0 Å². The summed E-state index contributed by atoms with van der Waals surface area (Å²) in [6, 6.07) is 2.52. The number of hydrogen-bond donors (Lipinski definition) is 0. The summed E-state index contributed by atoms with van der Waals surface area (Å²) in [6.07, 6.45) is 7.12. The highest BCUT2D eigenvalue weighted by atomic mass is 16.5. The highest BCUT2D eigenvalue weighted by molar-refractivity contribution is 5.03. The molecule has 0 N–H and O–H groups in total.